The lowest BCUT2D eigenvalue weighted by Gasteiger charge is -2.19. The van der Waals surface area contributed by atoms with Crippen LogP contribution >= 0.6 is 22.9 Å². The van der Waals surface area contributed by atoms with Crippen molar-refractivity contribution in [2.24, 2.45) is 0 Å². The molecule has 1 aromatic heterocycles. The lowest BCUT2D eigenvalue weighted by atomic mass is 9.99. The fourth-order valence-corrected chi connectivity index (χ4v) is 3.58. The van der Waals surface area contributed by atoms with Crippen LogP contribution < -0.4 is 5.32 Å². The highest BCUT2D eigenvalue weighted by Gasteiger charge is 2.15. The minimum atomic E-state index is 0.390. The third kappa shape index (κ3) is 4.08. The Morgan fingerprint density at radius 1 is 1.20 bits per heavy atom. The summed E-state index contributed by atoms with van der Waals surface area (Å²) in [6.07, 6.45) is 2.16. The minimum absolute atomic E-state index is 0.390. The normalized spacial score (nSPS) is 12.6. The van der Waals surface area contributed by atoms with Gasteiger partial charge in [-0.15, -0.1) is 11.3 Å². The molecular formula is C17H22ClNS. The van der Waals surface area contributed by atoms with Crippen molar-refractivity contribution < 1.29 is 0 Å². The molecule has 1 nitrogen and oxygen atoms in total. The third-order valence-corrected chi connectivity index (χ3v) is 4.68. The average Bonchev–Trinajstić information content (AvgIpc) is 2.76. The van der Waals surface area contributed by atoms with E-state index in [0.29, 0.717) is 6.04 Å². The zero-order valence-electron chi connectivity index (χ0n) is 12.4. The highest BCUT2D eigenvalue weighted by Crippen LogP contribution is 2.29. The van der Waals surface area contributed by atoms with Gasteiger partial charge >= 0.3 is 0 Å². The van der Waals surface area contributed by atoms with E-state index < -0.39 is 0 Å². The zero-order chi connectivity index (χ0) is 14.5. The molecule has 1 aromatic carbocycles. The molecule has 2 rings (SSSR count). The summed E-state index contributed by atoms with van der Waals surface area (Å²) in [6.45, 7) is 7.65. The van der Waals surface area contributed by atoms with E-state index in [4.69, 9.17) is 11.6 Å². The van der Waals surface area contributed by atoms with Gasteiger partial charge in [0.1, 0.15) is 0 Å². The number of thiophene rings is 1. The number of benzene rings is 1. The van der Waals surface area contributed by atoms with Crippen molar-refractivity contribution in [2.75, 3.05) is 6.54 Å². The standard InChI is InChI=1S/C17H22ClNS/c1-4-9-19-17(16-10-12(2)20-13(16)3)11-14-5-7-15(18)8-6-14/h5-8,10,17,19H,4,9,11H2,1-3H3. The van der Waals surface area contributed by atoms with Crippen LogP contribution in [0.25, 0.3) is 0 Å². The maximum Gasteiger partial charge on any atom is 0.0406 e. The van der Waals surface area contributed by atoms with Gasteiger partial charge in [0.05, 0.1) is 0 Å². The van der Waals surface area contributed by atoms with E-state index in [2.05, 4.69) is 44.3 Å². The molecule has 2 aromatic rings. The van der Waals surface area contributed by atoms with Crippen LogP contribution in [-0.2, 0) is 6.42 Å². The first kappa shape index (κ1) is 15.6. The second-order valence-corrected chi connectivity index (χ2v) is 7.10. The molecule has 1 heterocycles. The van der Waals surface area contributed by atoms with Gasteiger partial charge in [0.15, 0.2) is 0 Å². The molecule has 0 saturated carbocycles. The van der Waals surface area contributed by atoms with Crippen LogP contribution in [0.5, 0.6) is 0 Å². The van der Waals surface area contributed by atoms with Gasteiger partial charge in [-0.1, -0.05) is 30.7 Å². The first-order valence-electron chi connectivity index (χ1n) is 7.15. The van der Waals surface area contributed by atoms with E-state index in [1.54, 1.807) is 0 Å². The molecule has 20 heavy (non-hydrogen) atoms. The first-order valence-corrected chi connectivity index (χ1v) is 8.34. The smallest absolute Gasteiger partial charge is 0.0406 e. The maximum atomic E-state index is 5.96. The van der Waals surface area contributed by atoms with E-state index in [1.165, 1.54) is 20.9 Å². The molecule has 0 radical (unpaired) electrons. The number of hydrogen-bond acceptors (Lipinski definition) is 2. The van der Waals surface area contributed by atoms with Crippen molar-refractivity contribution in [1.82, 2.24) is 5.32 Å². The number of halogens is 1. The molecule has 1 N–H and O–H groups in total. The Kier molecular flexibility index (Phi) is 5.64. The molecule has 0 aliphatic carbocycles. The maximum absolute atomic E-state index is 5.96. The van der Waals surface area contributed by atoms with E-state index in [9.17, 15) is 0 Å². The van der Waals surface area contributed by atoms with E-state index in [1.807, 2.05) is 23.5 Å². The van der Waals surface area contributed by atoms with Crippen molar-refractivity contribution in [1.29, 1.82) is 0 Å². The average molecular weight is 308 g/mol. The summed E-state index contributed by atoms with van der Waals surface area (Å²) in [5, 5.41) is 4.48. The summed E-state index contributed by atoms with van der Waals surface area (Å²) in [4.78, 5) is 2.81. The van der Waals surface area contributed by atoms with Gasteiger partial charge in [0.2, 0.25) is 0 Å². The molecule has 0 amide bonds. The first-order chi connectivity index (χ1) is 9.60. The van der Waals surface area contributed by atoms with Crippen LogP contribution in [0, 0.1) is 13.8 Å². The molecule has 0 spiro atoms. The van der Waals surface area contributed by atoms with Crippen molar-refractivity contribution in [3.8, 4) is 0 Å². The Labute approximate surface area is 131 Å². The molecule has 0 aliphatic heterocycles. The van der Waals surface area contributed by atoms with Gasteiger partial charge in [0, 0.05) is 20.8 Å². The van der Waals surface area contributed by atoms with Crippen molar-refractivity contribution in [3.05, 3.63) is 56.2 Å². The van der Waals surface area contributed by atoms with Gasteiger partial charge in [-0.25, -0.2) is 0 Å². The second-order valence-electron chi connectivity index (χ2n) is 5.21. The molecule has 0 fully saturated rings. The van der Waals surface area contributed by atoms with Gasteiger partial charge in [0.25, 0.3) is 0 Å². The quantitative estimate of drug-likeness (QED) is 0.763. The van der Waals surface area contributed by atoms with E-state index in [-0.39, 0.29) is 0 Å². The van der Waals surface area contributed by atoms with Crippen molar-refractivity contribution in [2.45, 2.75) is 39.7 Å². The summed E-state index contributed by atoms with van der Waals surface area (Å²) in [7, 11) is 0. The van der Waals surface area contributed by atoms with Gasteiger partial charge in [-0.3, -0.25) is 0 Å². The predicted octanol–water partition coefficient (Wildman–Crippen LogP) is 5.30. The topological polar surface area (TPSA) is 12.0 Å². The largest absolute Gasteiger partial charge is 0.310 e. The van der Waals surface area contributed by atoms with Crippen LogP contribution in [0.15, 0.2) is 30.3 Å². The summed E-state index contributed by atoms with van der Waals surface area (Å²) < 4.78 is 0. The predicted molar refractivity (Wildman–Crippen MR) is 90.0 cm³/mol. The summed E-state index contributed by atoms with van der Waals surface area (Å²) in [5.74, 6) is 0. The molecule has 0 aliphatic rings. The molecule has 108 valence electrons. The van der Waals surface area contributed by atoms with E-state index >= 15 is 0 Å². The van der Waals surface area contributed by atoms with Gasteiger partial charge in [-0.05, 0) is 62.6 Å². The molecule has 1 atom stereocenters. The van der Waals surface area contributed by atoms with Crippen molar-refractivity contribution in [3.63, 3.8) is 0 Å². The lowest BCUT2D eigenvalue weighted by Crippen LogP contribution is -2.24. The third-order valence-electron chi connectivity index (χ3n) is 3.45. The molecular weight excluding hydrogens is 286 g/mol. The number of nitrogens with one attached hydrogen (secondary N) is 1. The van der Waals surface area contributed by atoms with Gasteiger partial charge < -0.3 is 5.32 Å². The fraction of sp³-hybridized carbons (Fsp3) is 0.412. The molecule has 0 saturated heterocycles. The lowest BCUT2D eigenvalue weighted by molar-refractivity contribution is 0.528. The summed E-state index contributed by atoms with van der Waals surface area (Å²) in [6, 6.07) is 10.9. The Morgan fingerprint density at radius 3 is 2.45 bits per heavy atom. The van der Waals surface area contributed by atoms with Crippen LogP contribution in [0.3, 0.4) is 0 Å². The van der Waals surface area contributed by atoms with Crippen molar-refractivity contribution >= 4 is 22.9 Å². The molecule has 3 heteroatoms. The monoisotopic (exact) mass is 307 g/mol. The zero-order valence-corrected chi connectivity index (χ0v) is 13.9. The van der Waals surface area contributed by atoms with Crippen LogP contribution in [0.4, 0.5) is 0 Å². The Morgan fingerprint density at radius 2 is 1.90 bits per heavy atom. The number of aryl methyl sites for hydroxylation is 2. The van der Waals surface area contributed by atoms with Crippen LogP contribution in [-0.4, -0.2) is 6.54 Å². The fourth-order valence-electron chi connectivity index (χ4n) is 2.46. The summed E-state index contributed by atoms with van der Waals surface area (Å²) >= 11 is 7.85. The van der Waals surface area contributed by atoms with Crippen LogP contribution in [0.1, 0.15) is 40.3 Å². The highest BCUT2D eigenvalue weighted by atomic mass is 35.5. The number of hydrogen-bond donors (Lipinski definition) is 1. The Hall–Kier alpha value is -0.830. The molecule has 0 bridgehead atoms. The van der Waals surface area contributed by atoms with Crippen LogP contribution in [0.2, 0.25) is 5.02 Å². The Bertz CT molecular complexity index is 545. The van der Waals surface area contributed by atoms with Gasteiger partial charge in [-0.2, -0.15) is 0 Å². The number of rotatable bonds is 6. The minimum Gasteiger partial charge on any atom is -0.310 e. The second kappa shape index (κ2) is 7.26. The van der Waals surface area contributed by atoms with E-state index in [0.717, 1.165) is 24.4 Å². The highest BCUT2D eigenvalue weighted by molar-refractivity contribution is 7.12. The Balaban J connectivity index is 2.19. The summed E-state index contributed by atoms with van der Waals surface area (Å²) in [5.41, 5.74) is 2.77. The molecule has 1 unspecified atom stereocenters. The SMILES string of the molecule is CCCNC(Cc1ccc(Cl)cc1)c1cc(C)sc1C.